The number of rotatable bonds is 5. The van der Waals surface area contributed by atoms with Gasteiger partial charge in [-0.05, 0) is 99.4 Å². The van der Waals surface area contributed by atoms with E-state index >= 15 is 0 Å². The summed E-state index contributed by atoms with van der Waals surface area (Å²) in [6.45, 7) is 10.4. The van der Waals surface area contributed by atoms with Crippen LogP contribution in [0.2, 0.25) is 0 Å². The summed E-state index contributed by atoms with van der Waals surface area (Å²) in [5, 5.41) is 55.5. The second-order valence-corrected chi connectivity index (χ2v) is 12.8. The largest absolute Gasteiger partial charge is 0.390 e. The Bertz CT molecular complexity index is 746. The van der Waals surface area contributed by atoms with E-state index in [0.29, 0.717) is 43.9 Å². The maximum atomic E-state index is 12.2. The van der Waals surface area contributed by atoms with Crippen molar-refractivity contribution in [2.45, 2.75) is 122 Å². The van der Waals surface area contributed by atoms with Crippen LogP contribution in [-0.2, 0) is 0 Å². The molecule has 0 aliphatic heterocycles. The van der Waals surface area contributed by atoms with Gasteiger partial charge in [0.1, 0.15) is 0 Å². The Kier molecular flexibility index (Phi) is 6.20. The van der Waals surface area contributed by atoms with Crippen molar-refractivity contribution in [1.29, 1.82) is 0 Å². The first-order valence-corrected chi connectivity index (χ1v) is 13.0. The van der Waals surface area contributed by atoms with Crippen LogP contribution in [0, 0.1) is 34.5 Å². The average molecular weight is 451 g/mol. The van der Waals surface area contributed by atoms with Crippen LogP contribution >= 0.6 is 0 Å². The van der Waals surface area contributed by atoms with Gasteiger partial charge in [0.25, 0.3) is 0 Å². The molecule has 4 aliphatic rings. The molecule has 184 valence electrons. The highest BCUT2D eigenvalue weighted by Crippen LogP contribution is 2.69. The maximum Gasteiger partial charge on any atom is 0.0916 e. The zero-order valence-corrected chi connectivity index (χ0v) is 20.7. The van der Waals surface area contributed by atoms with Crippen LogP contribution in [0.1, 0.15) is 92.4 Å². The Morgan fingerprint density at radius 2 is 1.78 bits per heavy atom. The molecule has 0 aromatic carbocycles. The van der Waals surface area contributed by atoms with Crippen molar-refractivity contribution in [3.63, 3.8) is 0 Å². The molecule has 0 amide bonds. The second kappa shape index (κ2) is 8.05. The highest BCUT2D eigenvalue weighted by molar-refractivity contribution is 5.36. The van der Waals surface area contributed by atoms with Gasteiger partial charge in [-0.3, -0.25) is 0 Å². The molecule has 0 saturated heterocycles. The van der Waals surface area contributed by atoms with Crippen LogP contribution in [0.5, 0.6) is 0 Å². The van der Waals surface area contributed by atoms with Gasteiger partial charge < -0.3 is 25.5 Å². The van der Waals surface area contributed by atoms with Crippen molar-refractivity contribution >= 4 is 0 Å². The smallest absolute Gasteiger partial charge is 0.0916 e. The van der Waals surface area contributed by atoms with Crippen LogP contribution in [0.3, 0.4) is 0 Å². The van der Waals surface area contributed by atoms with Crippen LogP contribution in [0.25, 0.3) is 0 Å². The van der Waals surface area contributed by atoms with Crippen molar-refractivity contribution in [3.05, 3.63) is 11.6 Å². The summed E-state index contributed by atoms with van der Waals surface area (Å²) in [5.41, 5.74) is -1.75. The summed E-state index contributed by atoms with van der Waals surface area (Å²) in [4.78, 5) is 0. The number of aliphatic hydroxyl groups is 5. The number of hydrogen-bond donors (Lipinski definition) is 5. The van der Waals surface area contributed by atoms with E-state index in [0.717, 1.165) is 31.3 Å². The standard InChI is InChI=1S/C27H46O5/c1-16(2)6-9-23(30)26(5,31)22-11-13-27(32)19-8-7-17-14-20(28)21(29)15-24(17,3)18(19)10-12-25(22,27)4/h8,16-18,20-23,28-32H,6-7,9-15H2,1-5H3. The molecule has 10 atom stereocenters. The number of aliphatic hydroxyl groups excluding tert-OH is 3. The molecule has 3 saturated carbocycles. The first-order chi connectivity index (χ1) is 14.8. The van der Waals surface area contributed by atoms with Crippen LogP contribution < -0.4 is 0 Å². The van der Waals surface area contributed by atoms with Crippen molar-refractivity contribution in [2.75, 3.05) is 0 Å². The lowest BCUT2D eigenvalue weighted by Crippen LogP contribution is -2.61. The summed E-state index contributed by atoms with van der Waals surface area (Å²) in [6, 6.07) is 0. The van der Waals surface area contributed by atoms with E-state index in [1.807, 2.05) is 0 Å². The fourth-order valence-electron chi connectivity index (χ4n) is 8.47. The van der Waals surface area contributed by atoms with Gasteiger partial charge in [-0.2, -0.15) is 0 Å². The SMILES string of the molecule is CC(C)CCC(O)C(C)(O)C1CCC2(O)C3=CCC4CC(O)C(O)CC4(C)C3CCC12C. The summed E-state index contributed by atoms with van der Waals surface area (Å²) >= 11 is 0. The minimum Gasteiger partial charge on any atom is -0.390 e. The predicted octanol–water partition coefficient (Wildman–Crippen LogP) is 3.56. The Morgan fingerprint density at radius 3 is 2.44 bits per heavy atom. The monoisotopic (exact) mass is 450 g/mol. The molecule has 3 fully saturated rings. The van der Waals surface area contributed by atoms with Crippen molar-refractivity contribution in [2.24, 2.45) is 34.5 Å². The highest BCUT2D eigenvalue weighted by Gasteiger charge is 2.68. The maximum absolute atomic E-state index is 12.2. The van der Waals surface area contributed by atoms with Gasteiger partial charge in [-0.1, -0.05) is 33.8 Å². The number of allylic oxidation sites excluding steroid dienone is 1. The highest BCUT2D eigenvalue weighted by atomic mass is 16.3. The van der Waals surface area contributed by atoms with Gasteiger partial charge in [0.2, 0.25) is 0 Å². The molecular formula is C27H46O5. The average Bonchev–Trinajstić information content (AvgIpc) is 2.99. The molecule has 10 unspecified atom stereocenters. The van der Waals surface area contributed by atoms with Gasteiger partial charge in [0.05, 0.1) is 29.5 Å². The lowest BCUT2D eigenvalue weighted by Gasteiger charge is -2.61. The number of fused-ring (bicyclic) bond motifs is 5. The molecule has 0 spiro atoms. The first-order valence-electron chi connectivity index (χ1n) is 13.0. The molecule has 0 radical (unpaired) electrons. The fraction of sp³-hybridized carbons (Fsp3) is 0.926. The van der Waals surface area contributed by atoms with Gasteiger partial charge in [0, 0.05) is 5.41 Å². The molecule has 0 aromatic rings. The van der Waals surface area contributed by atoms with E-state index in [9.17, 15) is 25.5 Å². The molecule has 0 bridgehead atoms. The second-order valence-electron chi connectivity index (χ2n) is 12.8. The molecule has 4 rings (SSSR count). The van der Waals surface area contributed by atoms with E-state index in [2.05, 4.69) is 33.8 Å². The zero-order valence-electron chi connectivity index (χ0n) is 20.7. The van der Waals surface area contributed by atoms with E-state index in [1.165, 1.54) is 0 Å². The lowest BCUT2D eigenvalue weighted by atomic mass is 9.46. The van der Waals surface area contributed by atoms with E-state index < -0.39 is 34.9 Å². The van der Waals surface area contributed by atoms with E-state index in [4.69, 9.17) is 0 Å². The Labute approximate surface area is 193 Å². The lowest BCUT2D eigenvalue weighted by molar-refractivity contribution is -0.174. The molecule has 5 N–H and O–H groups in total. The Balaban J connectivity index is 1.63. The summed E-state index contributed by atoms with van der Waals surface area (Å²) in [5.74, 6) is 0.808. The quantitative estimate of drug-likeness (QED) is 0.412. The fourth-order valence-corrected chi connectivity index (χ4v) is 8.47. The van der Waals surface area contributed by atoms with Crippen LogP contribution in [0.15, 0.2) is 11.6 Å². The Morgan fingerprint density at radius 1 is 1.09 bits per heavy atom. The normalized spacial score (nSPS) is 49.0. The van der Waals surface area contributed by atoms with Gasteiger partial charge >= 0.3 is 0 Å². The Hall–Kier alpha value is -0.460. The summed E-state index contributed by atoms with van der Waals surface area (Å²) < 4.78 is 0. The third kappa shape index (κ3) is 3.45. The third-order valence-corrected chi connectivity index (χ3v) is 10.7. The van der Waals surface area contributed by atoms with E-state index in [-0.39, 0.29) is 17.3 Å². The van der Waals surface area contributed by atoms with Crippen LogP contribution in [-0.4, -0.2) is 55.0 Å². The minimum absolute atomic E-state index is 0.128. The first kappa shape index (κ1) is 24.7. The molecule has 0 heterocycles. The molecule has 0 aromatic heterocycles. The van der Waals surface area contributed by atoms with Gasteiger partial charge in [0.15, 0.2) is 0 Å². The number of hydrogen-bond acceptors (Lipinski definition) is 5. The van der Waals surface area contributed by atoms with Crippen molar-refractivity contribution in [1.82, 2.24) is 0 Å². The topological polar surface area (TPSA) is 101 Å². The van der Waals surface area contributed by atoms with Gasteiger partial charge in [-0.25, -0.2) is 0 Å². The van der Waals surface area contributed by atoms with Gasteiger partial charge in [-0.15, -0.1) is 0 Å². The zero-order chi connectivity index (χ0) is 23.7. The summed E-state index contributed by atoms with van der Waals surface area (Å²) in [6.07, 6.45) is 6.53. The molecule has 5 heteroatoms. The molecule has 32 heavy (non-hydrogen) atoms. The van der Waals surface area contributed by atoms with Crippen molar-refractivity contribution in [3.8, 4) is 0 Å². The third-order valence-electron chi connectivity index (χ3n) is 10.7. The molecule has 5 nitrogen and oxygen atoms in total. The van der Waals surface area contributed by atoms with Crippen LogP contribution in [0.4, 0.5) is 0 Å². The molecular weight excluding hydrogens is 404 g/mol. The minimum atomic E-state index is -1.24. The molecule has 4 aliphatic carbocycles. The predicted molar refractivity (Wildman–Crippen MR) is 125 cm³/mol. The van der Waals surface area contributed by atoms with Crippen molar-refractivity contribution < 1.29 is 25.5 Å². The van der Waals surface area contributed by atoms with E-state index in [1.54, 1.807) is 6.92 Å². The summed E-state index contributed by atoms with van der Waals surface area (Å²) in [7, 11) is 0.